The maximum Gasteiger partial charge on any atom is 0.514 e. The molecule has 1 aliphatic rings. The molecule has 1 aliphatic heterocycles. The summed E-state index contributed by atoms with van der Waals surface area (Å²) in [6.45, 7) is 10.3. The highest BCUT2D eigenvalue weighted by molar-refractivity contribution is 6.61. The minimum atomic E-state index is -0.356. The summed E-state index contributed by atoms with van der Waals surface area (Å²) in [6.07, 6.45) is 2.89. The van der Waals surface area contributed by atoms with Gasteiger partial charge in [0.05, 0.1) is 16.8 Å². The van der Waals surface area contributed by atoms with E-state index in [1.54, 1.807) is 0 Å². The first-order chi connectivity index (χ1) is 7.86. The van der Waals surface area contributed by atoms with Crippen molar-refractivity contribution in [3.63, 3.8) is 0 Å². The second-order valence-electron chi connectivity index (χ2n) is 5.53. The third kappa shape index (κ3) is 2.24. The summed E-state index contributed by atoms with van der Waals surface area (Å²) in [5.74, 6) is 0. The van der Waals surface area contributed by atoms with E-state index in [-0.39, 0.29) is 18.3 Å². The Bertz CT molecular complexity index is 384. The molecular formula is C13H20BNO2. The van der Waals surface area contributed by atoms with Gasteiger partial charge in [-0.2, -0.15) is 0 Å². The average Bonchev–Trinajstić information content (AvgIpc) is 2.48. The Labute approximate surface area is 104 Å². The summed E-state index contributed by atoms with van der Waals surface area (Å²) >= 11 is 0. The Morgan fingerprint density at radius 3 is 2.12 bits per heavy atom. The van der Waals surface area contributed by atoms with Crippen molar-refractivity contribution in [2.24, 2.45) is 0 Å². The van der Waals surface area contributed by atoms with E-state index in [4.69, 9.17) is 9.31 Å². The van der Waals surface area contributed by atoms with Crippen molar-refractivity contribution in [1.82, 2.24) is 4.98 Å². The SMILES string of the molecule is CCc1ccc(B2OC(C)(C)C(C)(C)O2)nc1. The number of aromatic nitrogens is 1. The van der Waals surface area contributed by atoms with Crippen molar-refractivity contribution in [3.8, 4) is 0 Å². The molecule has 0 atom stereocenters. The molecule has 0 saturated carbocycles. The van der Waals surface area contributed by atoms with Crippen LogP contribution in [0, 0.1) is 0 Å². The standard InChI is InChI=1S/C13H20BNO2/c1-6-10-7-8-11(15-9-10)14-16-12(2,3)13(4,5)17-14/h7-9H,6H2,1-5H3. The molecule has 1 aromatic rings. The van der Waals surface area contributed by atoms with E-state index < -0.39 is 0 Å². The molecule has 1 saturated heterocycles. The van der Waals surface area contributed by atoms with Crippen LogP contribution in [0.1, 0.15) is 40.2 Å². The second-order valence-corrected chi connectivity index (χ2v) is 5.53. The van der Waals surface area contributed by atoms with Gasteiger partial charge in [-0.05, 0) is 45.7 Å². The van der Waals surface area contributed by atoms with Gasteiger partial charge in [-0.25, -0.2) is 0 Å². The van der Waals surface area contributed by atoms with E-state index >= 15 is 0 Å². The number of hydrogen-bond acceptors (Lipinski definition) is 3. The molecule has 92 valence electrons. The molecule has 17 heavy (non-hydrogen) atoms. The molecular weight excluding hydrogens is 213 g/mol. The van der Waals surface area contributed by atoms with E-state index in [0.717, 1.165) is 12.0 Å². The lowest BCUT2D eigenvalue weighted by Gasteiger charge is -2.32. The molecule has 0 N–H and O–H groups in total. The fourth-order valence-electron chi connectivity index (χ4n) is 1.75. The Morgan fingerprint density at radius 1 is 1.12 bits per heavy atom. The number of aryl methyl sites for hydroxylation is 1. The predicted octanol–water partition coefficient (Wildman–Crippen LogP) is 1.94. The van der Waals surface area contributed by atoms with E-state index in [1.807, 2.05) is 40.0 Å². The Morgan fingerprint density at radius 2 is 1.71 bits per heavy atom. The van der Waals surface area contributed by atoms with Crippen LogP contribution in [0.5, 0.6) is 0 Å². The third-order valence-corrected chi connectivity index (χ3v) is 3.75. The van der Waals surface area contributed by atoms with Crippen molar-refractivity contribution >= 4 is 12.7 Å². The van der Waals surface area contributed by atoms with E-state index in [9.17, 15) is 0 Å². The minimum absolute atomic E-state index is 0.303. The van der Waals surface area contributed by atoms with E-state index in [1.165, 1.54) is 5.56 Å². The molecule has 4 heteroatoms. The van der Waals surface area contributed by atoms with Crippen LogP contribution in [0.4, 0.5) is 0 Å². The maximum absolute atomic E-state index is 5.94. The fraction of sp³-hybridized carbons (Fsp3) is 0.615. The molecule has 1 aromatic heterocycles. The predicted molar refractivity (Wildman–Crippen MR) is 69.3 cm³/mol. The highest BCUT2D eigenvalue weighted by Crippen LogP contribution is 2.36. The second kappa shape index (κ2) is 4.11. The van der Waals surface area contributed by atoms with E-state index in [2.05, 4.69) is 18.0 Å². The van der Waals surface area contributed by atoms with Crippen molar-refractivity contribution in [1.29, 1.82) is 0 Å². The first kappa shape index (κ1) is 12.6. The highest BCUT2D eigenvalue weighted by atomic mass is 16.7. The summed E-state index contributed by atoms with van der Waals surface area (Å²) < 4.78 is 11.9. The normalized spacial score (nSPS) is 21.8. The molecule has 0 aromatic carbocycles. The third-order valence-electron chi connectivity index (χ3n) is 3.75. The summed E-state index contributed by atoms with van der Waals surface area (Å²) in [7, 11) is -0.356. The van der Waals surface area contributed by atoms with Crippen LogP contribution in [0.2, 0.25) is 0 Å². The van der Waals surface area contributed by atoms with Crippen LogP contribution in [0.3, 0.4) is 0 Å². The van der Waals surface area contributed by atoms with Gasteiger partial charge in [0.15, 0.2) is 0 Å². The lowest BCUT2D eigenvalue weighted by Crippen LogP contribution is -2.41. The molecule has 0 spiro atoms. The van der Waals surface area contributed by atoms with Gasteiger partial charge < -0.3 is 9.31 Å². The van der Waals surface area contributed by atoms with Gasteiger partial charge in [-0.1, -0.05) is 13.0 Å². The summed E-state index contributed by atoms with van der Waals surface area (Å²) in [4.78, 5) is 4.41. The van der Waals surface area contributed by atoms with Gasteiger partial charge >= 0.3 is 7.12 Å². The lowest BCUT2D eigenvalue weighted by atomic mass is 9.84. The van der Waals surface area contributed by atoms with Gasteiger partial charge in [-0.15, -0.1) is 0 Å². The van der Waals surface area contributed by atoms with Gasteiger partial charge in [0.1, 0.15) is 0 Å². The monoisotopic (exact) mass is 233 g/mol. The zero-order chi connectivity index (χ0) is 12.7. The molecule has 0 amide bonds. The molecule has 0 aliphatic carbocycles. The molecule has 1 fully saturated rings. The van der Waals surface area contributed by atoms with Crippen LogP contribution in [-0.4, -0.2) is 23.3 Å². The van der Waals surface area contributed by atoms with Crippen molar-refractivity contribution in [3.05, 3.63) is 23.9 Å². The topological polar surface area (TPSA) is 31.4 Å². The van der Waals surface area contributed by atoms with Crippen LogP contribution in [0.15, 0.2) is 18.3 Å². The smallest absolute Gasteiger partial charge is 0.398 e. The largest absolute Gasteiger partial charge is 0.514 e. The minimum Gasteiger partial charge on any atom is -0.398 e. The van der Waals surface area contributed by atoms with Crippen LogP contribution in [-0.2, 0) is 15.7 Å². The number of nitrogens with zero attached hydrogens (tertiary/aromatic N) is 1. The van der Waals surface area contributed by atoms with Crippen LogP contribution < -0.4 is 5.59 Å². The zero-order valence-corrected chi connectivity index (χ0v) is 11.3. The lowest BCUT2D eigenvalue weighted by molar-refractivity contribution is 0.00578. The van der Waals surface area contributed by atoms with Gasteiger partial charge in [0, 0.05) is 6.20 Å². The first-order valence-electron chi connectivity index (χ1n) is 6.16. The fourth-order valence-corrected chi connectivity index (χ4v) is 1.75. The number of rotatable bonds is 2. The van der Waals surface area contributed by atoms with Crippen molar-refractivity contribution < 1.29 is 9.31 Å². The average molecular weight is 233 g/mol. The van der Waals surface area contributed by atoms with E-state index in [0.29, 0.717) is 0 Å². The highest BCUT2D eigenvalue weighted by Gasteiger charge is 2.52. The Kier molecular flexibility index (Phi) is 3.04. The van der Waals surface area contributed by atoms with Gasteiger partial charge in [0.25, 0.3) is 0 Å². The zero-order valence-electron chi connectivity index (χ0n) is 11.3. The quantitative estimate of drug-likeness (QED) is 0.731. The number of hydrogen-bond donors (Lipinski definition) is 0. The molecule has 2 rings (SSSR count). The Hall–Kier alpha value is -0.865. The van der Waals surface area contributed by atoms with Crippen LogP contribution in [0.25, 0.3) is 0 Å². The Balaban J connectivity index is 2.20. The molecule has 0 bridgehead atoms. The van der Waals surface area contributed by atoms with Crippen LogP contribution >= 0.6 is 0 Å². The first-order valence-corrected chi connectivity index (χ1v) is 6.16. The summed E-state index contributed by atoms with van der Waals surface area (Å²) in [5, 5.41) is 0. The molecule has 3 nitrogen and oxygen atoms in total. The molecule has 0 unspecified atom stereocenters. The summed E-state index contributed by atoms with van der Waals surface area (Å²) in [6, 6.07) is 4.06. The maximum atomic E-state index is 5.94. The molecule has 0 radical (unpaired) electrons. The number of pyridine rings is 1. The van der Waals surface area contributed by atoms with Crippen molar-refractivity contribution in [2.45, 2.75) is 52.2 Å². The van der Waals surface area contributed by atoms with Gasteiger partial charge in [0.2, 0.25) is 0 Å². The van der Waals surface area contributed by atoms with Gasteiger partial charge in [-0.3, -0.25) is 4.98 Å². The summed E-state index contributed by atoms with van der Waals surface area (Å²) in [5.41, 5.74) is 1.47. The molecule has 2 heterocycles. The van der Waals surface area contributed by atoms with Crippen molar-refractivity contribution in [2.75, 3.05) is 0 Å².